The van der Waals surface area contributed by atoms with E-state index in [0.717, 1.165) is 26.2 Å². The average Bonchev–Trinajstić information content (AvgIpc) is 3.79. The Balaban J connectivity index is 1.29. The van der Waals surface area contributed by atoms with E-state index < -0.39 is 0 Å². The molecule has 4 nitrogen and oxygen atoms in total. The maximum Gasteiger partial charge on any atom is 0.109 e. The molecular weight excluding hydrogens is 729 g/mol. The fourth-order valence-electron chi connectivity index (χ4n) is 10.3. The Morgan fingerprint density at radius 2 is 0.533 bits per heavy atom. The topological polar surface area (TPSA) is 16.3 Å². The van der Waals surface area contributed by atoms with Crippen LogP contribution in [0.1, 0.15) is 182 Å². The predicted octanol–water partition coefficient (Wildman–Crippen LogP) is 17.2. The van der Waals surface area contributed by atoms with Gasteiger partial charge in [-0.2, -0.15) is 0 Å². The van der Waals surface area contributed by atoms with Crippen LogP contribution in [0.25, 0.3) is 54.1 Å². The molecule has 6 aromatic rings. The Labute approximate surface area is 366 Å². The van der Waals surface area contributed by atoms with Gasteiger partial charge in [-0.1, -0.05) is 193 Å². The summed E-state index contributed by atoms with van der Waals surface area (Å²) in [6, 6.07) is 24.4. The summed E-state index contributed by atoms with van der Waals surface area (Å²) < 4.78 is 4.97. The number of rotatable bonds is 30. The molecule has 4 heteroatoms. The number of aromatic nitrogens is 2. The van der Waals surface area contributed by atoms with E-state index in [1.807, 2.05) is 0 Å². The highest BCUT2D eigenvalue weighted by molar-refractivity contribution is 6.25. The van der Waals surface area contributed by atoms with Gasteiger partial charge in [0.25, 0.3) is 0 Å². The maximum atomic E-state index is 2.72. The van der Waals surface area contributed by atoms with E-state index in [-0.39, 0.29) is 0 Å². The molecule has 0 aliphatic heterocycles. The second-order valence-corrected chi connectivity index (χ2v) is 18.6. The number of hydrogen-bond acceptors (Lipinski definition) is 2. The van der Waals surface area contributed by atoms with Gasteiger partial charge in [0.1, 0.15) is 11.6 Å². The molecule has 0 atom stereocenters. The van der Waals surface area contributed by atoms with Crippen LogP contribution in [0.4, 0.5) is 11.6 Å². The van der Waals surface area contributed by atoms with Crippen molar-refractivity contribution >= 4 is 65.8 Å². The van der Waals surface area contributed by atoms with Crippen LogP contribution in [-0.4, -0.2) is 35.3 Å². The fourth-order valence-corrected chi connectivity index (χ4v) is 10.3. The summed E-state index contributed by atoms with van der Waals surface area (Å²) in [5.74, 6) is 2.78. The van der Waals surface area contributed by atoms with Crippen molar-refractivity contribution in [2.75, 3.05) is 36.0 Å². The third-order valence-electron chi connectivity index (χ3n) is 14.0. The van der Waals surface area contributed by atoms with Crippen molar-refractivity contribution in [2.45, 2.75) is 182 Å². The maximum absolute atomic E-state index is 2.72. The lowest BCUT2D eigenvalue weighted by atomic mass is 9.94. The molecule has 0 aliphatic carbocycles. The Hall–Kier alpha value is -3.66. The predicted molar refractivity (Wildman–Crippen MR) is 270 cm³/mol. The molecule has 0 fully saturated rings. The van der Waals surface area contributed by atoms with E-state index in [9.17, 15) is 0 Å². The Morgan fingerprint density at radius 3 is 0.817 bits per heavy atom. The molecule has 0 radical (unpaired) electrons. The van der Waals surface area contributed by atoms with Gasteiger partial charge in [0.2, 0.25) is 0 Å². The van der Waals surface area contributed by atoms with Crippen LogP contribution in [0, 0.1) is 0 Å². The van der Waals surface area contributed by atoms with E-state index in [2.05, 4.69) is 121 Å². The smallest absolute Gasteiger partial charge is 0.109 e. The van der Waals surface area contributed by atoms with Crippen LogP contribution in [-0.2, 0) is 14.1 Å². The number of fused-ring (bicyclic) bond motifs is 9. The Bertz CT molecular complexity index is 2000. The van der Waals surface area contributed by atoms with E-state index >= 15 is 0 Å². The third-order valence-corrected chi connectivity index (χ3v) is 14.0. The van der Waals surface area contributed by atoms with Crippen LogP contribution >= 0.6 is 0 Å². The molecule has 0 N–H and O–H groups in total. The van der Waals surface area contributed by atoms with Crippen molar-refractivity contribution in [3.8, 4) is 0 Å². The number of hydrogen-bond donors (Lipinski definition) is 0. The molecule has 0 bridgehead atoms. The zero-order chi connectivity index (χ0) is 42.1. The number of aryl methyl sites for hydroxylation is 2. The first-order valence-electron chi connectivity index (χ1n) is 25.4. The van der Waals surface area contributed by atoms with E-state index in [1.165, 1.54) is 220 Å². The molecule has 4 aromatic carbocycles. The zero-order valence-corrected chi connectivity index (χ0v) is 39.4. The normalized spacial score (nSPS) is 12.0. The van der Waals surface area contributed by atoms with Gasteiger partial charge in [0.15, 0.2) is 0 Å². The van der Waals surface area contributed by atoms with Gasteiger partial charge in [0, 0.05) is 51.0 Å². The number of benzene rings is 4. The minimum Gasteiger partial charge on any atom is -0.358 e. The Kier molecular flexibility index (Phi) is 18.4. The van der Waals surface area contributed by atoms with E-state index in [0.29, 0.717) is 0 Å². The number of anilines is 2. The lowest BCUT2D eigenvalue weighted by Crippen LogP contribution is -2.27. The van der Waals surface area contributed by atoms with Gasteiger partial charge in [-0.15, -0.1) is 0 Å². The quantitative estimate of drug-likeness (QED) is 0.0333. The van der Waals surface area contributed by atoms with Gasteiger partial charge < -0.3 is 18.9 Å². The summed E-state index contributed by atoms with van der Waals surface area (Å²) in [6.45, 7) is 13.9. The summed E-state index contributed by atoms with van der Waals surface area (Å²) in [5.41, 5.74) is 2.69. The van der Waals surface area contributed by atoms with Gasteiger partial charge in [-0.3, -0.25) is 0 Å². The van der Waals surface area contributed by atoms with Gasteiger partial charge in [-0.05, 0) is 82.3 Å². The molecule has 0 saturated carbocycles. The summed E-state index contributed by atoms with van der Waals surface area (Å²) >= 11 is 0. The summed E-state index contributed by atoms with van der Waals surface area (Å²) in [4.78, 5) is 5.45. The van der Waals surface area contributed by atoms with Crippen molar-refractivity contribution in [2.24, 2.45) is 14.1 Å². The monoisotopic (exact) mass is 813 g/mol. The van der Waals surface area contributed by atoms with Crippen molar-refractivity contribution in [1.29, 1.82) is 0 Å². The molecule has 0 unspecified atom stereocenters. The Morgan fingerprint density at radius 1 is 0.300 bits per heavy atom. The van der Waals surface area contributed by atoms with Crippen LogP contribution in [0.2, 0.25) is 0 Å². The SMILES string of the molecule is CCCCCCCCN(CCCCCCCC)c1cc2c3ccc4c(ccc5c4ccc4c5cc(N(CCCCCCCC)CCCCCCCC)n4C)c3ccc2n1C. The summed E-state index contributed by atoms with van der Waals surface area (Å²) in [6.07, 6.45) is 32.2. The minimum absolute atomic E-state index is 1.16. The van der Waals surface area contributed by atoms with Crippen molar-refractivity contribution in [3.63, 3.8) is 0 Å². The molecule has 328 valence electrons. The highest BCUT2D eigenvalue weighted by Gasteiger charge is 2.19. The molecule has 0 saturated heterocycles. The molecule has 0 amide bonds. The largest absolute Gasteiger partial charge is 0.358 e. The van der Waals surface area contributed by atoms with Gasteiger partial charge in [0.05, 0.1) is 11.0 Å². The summed E-state index contributed by atoms with van der Waals surface area (Å²) in [5, 5.41) is 11.0. The number of unbranched alkanes of at least 4 members (excludes halogenated alkanes) is 20. The van der Waals surface area contributed by atoms with Crippen molar-refractivity contribution in [3.05, 3.63) is 60.7 Å². The second kappa shape index (κ2) is 24.1. The highest BCUT2D eigenvalue weighted by atomic mass is 15.2. The van der Waals surface area contributed by atoms with Crippen LogP contribution in [0.15, 0.2) is 60.7 Å². The molecule has 2 heterocycles. The van der Waals surface area contributed by atoms with Gasteiger partial charge in [-0.25, -0.2) is 0 Å². The first kappa shape index (κ1) is 45.9. The molecule has 0 aliphatic rings. The van der Waals surface area contributed by atoms with Crippen molar-refractivity contribution < 1.29 is 0 Å². The average molecular weight is 813 g/mol. The van der Waals surface area contributed by atoms with Crippen LogP contribution in [0.5, 0.6) is 0 Å². The van der Waals surface area contributed by atoms with Gasteiger partial charge >= 0.3 is 0 Å². The summed E-state index contributed by atoms with van der Waals surface area (Å²) in [7, 11) is 4.60. The minimum atomic E-state index is 1.16. The second-order valence-electron chi connectivity index (χ2n) is 18.6. The van der Waals surface area contributed by atoms with Crippen LogP contribution in [0.3, 0.4) is 0 Å². The molecule has 0 spiro atoms. The molecular formula is C56H84N4. The lowest BCUT2D eigenvalue weighted by Gasteiger charge is -2.25. The molecule has 2 aromatic heterocycles. The third kappa shape index (κ3) is 11.4. The van der Waals surface area contributed by atoms with E-state index in [4.69, 9.17) is 0 Å². The molecule has 6 rings (SSSR count). The van der Waals surface area contributed by atoms with E-state index in [1.54, 1.807) is 0 Å². The highest BCUT2D eigenvalue weighted by Crippen LogP contribution is 2.40. The number of nitrogens with zero attached hydrogens (tertiary/aromatic N) is 4. The standard InChI is InChI=1S/C56H84N4/c1-7-11-15-19-23-27-39-59(40-28-24-20-16-12-8-2)55-43-51-49-33-31-46-45(47(49)35-37-53(51)57(55)5)32-34-50-48(46)36-38-54-52(50)44-56(58(54)6)60(41-29-25-21-17-13-9-3)42-30-26-22-18-14-10-4/h31-38,43-44H,7-30,39-42H2,1-6H3. The van der Waals surface area contributed by atoms with Crippen molar-refractivity contribution in [1.82, 2.24) is 9.13 Å². The fraction of sp³-hybridized carbons (Fsp3) is 0.607. The first-order chi connectivity index (χ1) is 29.5. The molecule has 60 heavy (non-hydrogen) atoms. The van der Waals surface area contributed by atoms with Crippen LogP contribution < -0.4 is 9.80 Å². The zero-order valence-electron chi connectivity index (χ0n) is 39.4. The first-order valence-corrected chi connectivity index (χ1v) is 25.4. The lowest BCUT2D eigenvalue weighted by molar-refractivity contribution is 0.570.